The first kappa shape index (κ1) is 8.85. The Morgan fingerprint density at radius 3 is 3.07 bits per heavy atom. The zero-order valence-electron chi connectivity index (χ0n) is 9.14. The predicted molar refractivity (Wildman–Crippen MR) is 61.0 cm³/mol. The van der Waals surface area contributed by atoms with Crippen molar-refractivity contribution in [3.8, 4) is 0 Å². The monoisotopic (exact) mass is 197 g/mol. The van der Waals surface area contributed by atoms with Crippen molar-refractivity contribution in [2.75, 3.05) is 7.05 Å². The van der Waals surface area contributed by atoms with Gasteiger partial charge in [0, 0.05) is 24.9 Å². The first-order valence-electron chi connectivity index (χ1n) is 5.71. The highest BCUT2D eigenvalue weighted by atomic mass is 15.1. The van der Waals surface area contributed by atoms with Crippen LogP contribution in [0.5, 0.6) is 0 Å². The van der Waals surface area contributed by atoms with Gasteiger partial charge in [-0.05, 0) is 49.0 Å². The second kappa shape index (κ2) is 3.31. The van der Waals surface area contributed by atoms with Gasteiger partial charge in [-0.1, -0.05) is 12.1 Å². The third-order valence-electron chi connectivity index (χ3n) is 3.49. The highest BCUT2D eigenvalue weighted by molar-refractivity contribution is 5.72. The summed E-state index contributed by atoms with van der Waals surface area (Å²) in [5, 5.41) is 0. The molecule has 15 heavy (non-hydrogen) atoms. The molecule has 1 heteroatoms. The SMILES string of the molecule is CN1Cc2ccc#cc2C2=C1CCCC2. The predicted octanol–water partition coefficient (Wildman–Crippen LogP) is 3.02. The fourth-order valence-electron chi connectivity index (χ4n) is 2.75. The molecule has 0 atom stereocenters. The Kier molecular flexibility index (Phi) is 1.95. The molecule has 3 rings (SSSR count). The first-order chi connectivity index (χ1) is 7.36. The first-order valence-corrected chi connectivity index (χ1v) is 5.71. The zero-order chi connectivity index (χ0) is 10.3. The summed E-state index contributed by atoms with van der Waals surface area (Å²) in [6, 6.07) is 10.5. The molecule has 0 saturated carbocycles. The molecule has 0 radical (unpaired) electrons. The van der Waals surface area contributed by atoms with E-state index in [1.165, 1.54) is 42.4 Å². The van der Waals surface area contributed by atoms with Gasteiger partial charge in [0.1, 0.15) is 0 Å². The minimum Gasteiger partial charge on any atom is -0.373 e. The molecule has 1 heterocycles. The van der Waals surface area contributed by atoms with Crippen molar-refractivity contribution in [1.82, 2.24) is 4.90 Å². The molecule has 0 spiro atoms. The lowest BCUT2D eigenvalue weighted by molar-refractivity contribution is 0.375. The number of fused-ring (bicyclic) bond motifs is 2. The van der Waals surface area contributed by atoms with Crippen LogP contribution in [0.25, 0.3) is 5.57 Å². The summed E-state index contributed by atoms with van der Waals surface area (Å²) < 4.78 is 0. The lowest BCUT2D eigenvalue weighted by atomic mass is 9.86. The fourth-order valence-corrected chi connectivity index (χ4v) is 2.75. The van der Waals surface area contributed by atoms with Crippen molar-refractivity contribution in [3.63, 3.8) is 0 Å². The van der Waals surface area contributed by atoms with Crippen molar-refractivity contribution in [2.45, 2.75) is 32.2 Å². The lowest BCUT2D eigenvalue weighted by Crippen LogP contribution is -2.25. The van der Waals surface area contributed by atoms with Crippen molar-refractivity contribution in [3.05, 3.63) is 41.1 Å². The number of rotatable bonds is 0. The fraction of sp³-hybridized carbons (Fsp3) is 0.429. The molecular weight excluding hydrogens is 182 g/mol. The van der Waals surface area contributed by atoms with E-state index in [0.29, 0.717) is 0 Å². The van der Waals surface area contributed by atoms with E-state index in [0.717, 1.165) is 6.54 Å². The van der Waals surface area contributed by atoms with Gasteiger partial charge in [0.15, 0.2) is 0 Å². The van der Waals surface area contributed by atoms with Crippen LogP contribution in [0.15, 0.2) is 17.8 Å². The molecule has 0 aromatic heterocycles. The van der Waals surface area contributed by atoms with Gasteiger partial charge in [-0.3, -0.25) is 0 Å². The molecule has 1 nitrogen and oxygen atoms in total. The standard InChI is InChI=1S/C14H15N/c1-15-10-11-6-2-3-7-12(11)13-8-4-5-9-14(13)15/h2,6H,4-5,8-10H2,1H3. The van der Waals surface area contributed by atoms with Crippen LogP contribution >= 0.6 is 0 Å². The molecule has 1 aromatic rings. The van der Waals surface area contributed by atoms with Crippen LogP contribution in [0, 0.1) is 12.1 Å². The van der Waals surface area contributed by atoms with E-state index >= 15 is 0 Å². The second-order valence-corrected chi connectivity index (χ2v) is 4.49. The molecule has 0 bridgehead atoms. The molecule has 1 aliphatic heterocycles. The summed E-state index contributed by atoms with van der Waals surface area (Å²) in [5.41, 5.74) is 5.83. The Balaban J connectivity index is 2.16. The van der Waals surface area contributed by atoms with Crippen molar-refractivity contribution >= 4 is 5.57 Å². The van der Waals surface area contributed by atoms with Gasteiger partial charge in [-0.25, -0.2) is 0 Å². The molecule has 0 amide bonds. The van der Waals surface area contributed by atoms with Crippen LogP contribution in [0.3, 0.4) is 0 Å². The average molecular weight is 197 g/mol. The van der Waals surface area contributed by atoms with Gasteiger partial charge in [-0.15, -0.1) is 0 Å². The number of nitrogens with zero attached hydrogens (tertiary/aromatic N) is 1. The highest BCUT2D eigenvalue weighted by Gasteiger charge is 2.24. The quantitative estimate of drug-likeness (QED) is 0.618. The summed E-state index contributed by atoms with van der Waals surface area (Å²) in [6.07, 6.45) is 5.14. The normalized spacial score (nSPS) is 19.4. The Morgan fingerprint density at radius 1 is 1.27 bits per heavy atom. The van der Waals surface area contributed by atoms with Crippen molar-refractivity contribution < 1.29 is 0 Å². The Labute approximate surface area is 91.4 Å². The topological polar surface area (TPSA) is 3.24 Å². The lowest BCUT2D eigenvalue weighted by Gasteiger charge is -2.34. The molecule has 0 saturated heterocycles. The molecular formula is C14H15N. The summed E-state index contributed by atoms with van der Waals surface area (Å²) in [7, 11) is 2.21. The van der Waals surface area contributed by atoms with Gasteiger partial charge < -0.3 is 4.90 Å². The van der Waals surface area contributed by atoms with E-state index in [4.69, 9.17) is 0 Å². The van der Waals surface area contributed by atoms with E-state index in [2.05, 4.69) is 30.1 Å². The number of allylic oxidation sites excluding steroid dienone is 2. The summed E-state index contributed by atoms with van der Waals surface area (Å²) in [5.74, 6) is 0. The van der Waals surface area contributed by atoms with E-state index < -0.39 is 0 Å². The van der Waals surface area contributed by atoms with Gasteiger partial charge in [0.2, 0.25) is 0 Å². The van der Waals surface area contributed by atoms with Gasteiger partial charge in [0.25, 0.3) is 0 Å². The van der Waals surface area contributed by atoms with Crippen LogP contribution in [-0.4, -0.2) is 11.9 Å². The molecule has 0 unspecified atom stereocenters. The summed E-state index contributed by atoms with van der Waals surface area (Å²) >= 11 is 0. The van der Waals surface area contributed by atoms with Crippen LogP contribution in [-0.2, 0) is 6.54 Å². The smallest absolute Gasteiger partial charge is 0.0436 e. The van der Waals surface area contributed by atoms with E-state index in [1.54, 1.807) is 5.70 Å². The Bertz CT molecular complexity index is 417. The molecule has 76 valence electrons. The van der Waals surface area contributed by atoms with Gasteiger partial charge in [-0.2, -0.15) is 0 Å². The van der Waals surface area contributed by atoms with E-state index in [1.807, 2.05) is 6.07 Å². The van der Waals surface area contributed by atoms with Crippen molar-refractivity contribution in [2.24, 2.45) is 0 Å². The second-order valence-electron chi connectivity index (χ2n) is 4.49. The highest BCUT2D eigenvalue weighted by Crippen LogP contribution is 2.38. The number of hydrogen-bond acceptors (Lipinski definition) is 1. The third kappa shape index (κ3) is 1.33. The maximum absolute atomic E-state index is 3.30. The maximum Gasteiger partial charge on any atom is 0.0436 e. The van der Waals surface area contributed by atoms with Crippen LogP contribution in [0.4, 0.5) is 0 Å². The van der Waals surface area contributed by atoms with Gasteiger partial charge >= 0.3 is 0 Å². The molecule has 2 aliphatic rings. The largest absolute Gasteiger partial charge is 0.373 e. The van der Waals surface area contributed by atoms with E-state index in [-0.39, 0.29) is 0 Å². The van der Waals surface area contributed by atoms with Crippen LogP contribution < -0.4 is 0 Å². The molecule has 1 aromatic carbocycles. The molecule has 0 N–H and O–H groups in total. The average Bonchev–Trinajstić information content (AvgIpc) is 2.30. The minimum absolute atomic E-state index is 1.04. The van der Waals surface area contributed by atoms with Crippen molar-refractivity contribution in [1.29, 1.82) is 0 Å². The molecule has 1 aliphatic carbocycles. The summed E-state index contributed by atoms with van der Waals surface area (Å²) in [4.78, 5) is 2.41. The molecule has 0 fully saturated rings. The number of hydrogen-bond donors (Lipinski definition) is 0. The van der Waals surface area contributed by atoms with Crippen LogP contribution in [0.1, 0.15) is 36.8 Å². The summed E-state index contributed by atoms with van der Waals surface area (Å²) in [6.45, 7) is 1.04. The zero-order valence-corrected chi connectivity index (χ0v) is 9.14. The van der Waals surface area contributed by atoms with E-state index in [9.17, 15) is 0 Å². The van der Waals surface area contributed by atoms with Crippen LogP contribution in [0.2, 0.25) is 0 Å². The minimum atomic E-state index is 1.04. The third-order valence-corrected chi connectivity index (χ3v) is 3.49. The Hall–Kier alpha value is -1.42. The maximum atomic E-state index is 3.30. The Morgan fingerprint density at radius 2 is 2.13 bits per heavy atom. The van der Waals surface area contributed by atoms with Gasteiger partial charge in [0.05, 0.1) is 0 Å².